The molecule has 0 atom stereocenters. The Balaban J connectivity index is 2.13. The molecule has 2 aromatic rings. The highest BCUT2D eigenvalue weighted by atomic mass is 35.5. The number of hydrogen-bond acceptors (Lipinski definition) is 4. The van der Waals surface area contributed by atoms with Gasteiger partial charge in [-0.25, -0.2) is 9.97 Å². The van der Waals surface area contributed by atoms with Crippen LogP contribution >= 0.6 is 22.9 Å². The van der Waals surface area contributed by atoms with Crippen LogP contribution in [0.25, 0.3) is 0 Å². The van der Waals surface area contributed by atoms with Gasteiger partial charge in [-0.2, -0.15) is 0 Å². The molecule has 0 saturated carbocycles. The van der Waals surface area contributed by atoms with E-state index in [4.69, 9.17) is 11.6 Å². The van der Waals surface area contributed by atoms with Crippen molar-refractivity contribution in [2.75, 3.05) is 5.32 Å². The van der Waals surface area contributed by atoms with Crippen molar-refractivity contribution in [3.8, 4) is 0 Å². The van der Waals surface area contributed by atoms with Crippen molar-refractivity contribution in [1.82, 2.24) is 9.97 Å². The van der Waals surface area contributed by atoms with Crippen LogP contribution in [0.3, 0.4) is 0 Å². The molecule has 0 unspecified atom stereocenters. The Morgan fingerprint density at radius 1 is 1.37 bits per heavy atom. The number of nitrogens with zero attached hydrogens (tertiary/aromatic N) is 2. The summed E-state index contributed by atoms with van der Waals surface area (Å²) in [6, 6.07) is 2.02. The Hall–Kier alpha value is -1.13. The highest BCUT2D eigenvalue weighted by Gasteiger charge is 2.18. The minimum atomic E-state index is 0.00761. The third-order valence-electron chi connectivity index (χ3n) is 2.78. The fraction of sp³-hybridized carbons (Fsp3) is 0.429. The van der Waals surface area contributed by atoms with Crippen LogP contribution in [0.15, 0.2) is 17.6 Å². The third kappa shape index (κ3) is 3.67. The fourth-order valence-corrected chi connectivity index (χ4v) is 2.78. The van der Waals surface area contributed by atoms with E-state index >= 15 is 0 Å². The summed E-state index contributed by atoms with van der Waals surface area (Å²) in [5.41, 5.74) is 2.14. The highest BCUT2D eigenvalue weighted by molar-refractivity contribution is 7.09. The first-order valence-electron chi connectivity index (χ1n) is 6.17. The second kappa shape index (κ2) is 5.47. The molecule has 0 aromatic carbocycles. The van der Waals surface area contributed by atoms with E-state index in [1.807, 2.05) is 13.0 Å². The SMILES string of the molecule is Cc1nc(CNc2cc(C(C)(C)C)c(Cl)cn2)cs1. The Labute approximate surface area is 123 Å². The molecule has 102 valence electrons. The van der Waals surface area contributed by atoms with Gasteiger partial charge in [0.15, 0.2) is 0 Å². The van der Waals surface area contributed by atoms with Gasteiger partial charge < -0.3 is 5.32 Å². The molecule has 0 aliphatic rings. The van der Waals surface area contributed by atoms with Gasteiger partial charge in [0.2, 0.25) is 0 Å². The molecular formula is C14H18ClN3S. The van der Waals surface area contributed by atoms with Gasteiger partial charge in [0.25, 0.3) is 0 Å². The molecule has 1 N–H and O–H groups in total. The number of thiazole rings is 1. The van der Waals surface area contributed by atoms with Crippen LogP contribution in [-0.2, 0) is 12.0 Å². The van der Waals surface area contributed by atoms with E-state index in [-0.39, 0.29) is 5.41 Å². The van der Waals surface area contributed by atoms with E-state index in [2.05, 4.69) is 41.4 Å². The molecule has 0 bridgehead atoms. The lowest BCUT2D eigenvalue weighted by molar-refractivity contribution is 0.590. The number of anilines is 1. The van der Waals surface area contributed by atoms with Gasteiger partial charge in [-0.15, -0.1) is 11.3 Å². The van der Waals surface area contributed by atoms with E-state index in [9.17, 15) is 0 Å². The van der Waals surface area contributed by atoms with Crippen LogP contribution < -0.4 is 5.32 Å². The zero-order valence-corrected chi connectivity index (χ0v) is 13.2. The molecule has 3 nitrogen and oxygen atoms in total. The van der Waals surface area contributed by atoms with Crippen molar-refractivity contribution in [1.29, 1.82) is 0 Å². The number of rotatable bonds is 3. The minimum absolute atomic E-state index is 0.00761. The van der Waals surface area contributed by atoms with Gasteiger partial charge in [-0.1, -0.05) is 32.4 Å². The maximum Gasteiger partial charge on any atom is 0.126 e. The summed E-state index contributed by atoms with van der Waals surface area (Å²) >= 11 is 7.86. The van der Waals surface area contributed by atoms with Crippen LogP contribution in [0.4, 0.5) is 5.82 Å². The first-order chi connectivity index (χ1) is 8.86. The molecule has 19 heavy (non-hydrogen) atoms. The van der Waals surface area contributed by atoms with Gasteiger partial charge in [-0.3, -0.25) is 0 Å². The lowest BCUT2D eigenvalue weighted by atomic mass is 9.87. The molecule has 0 spiro atoms. The second-order valence-electron chi connectivity index (χ2n) is 5.51. The predicted molar refractivity (Wildman–Crippen MR) is 82.1 cm³/mol. The molecule has 2 rings (SSSR count). The predicted octanol–water partition coefficient (Wildman–Crippen LogP) is 4.41. The maximum atomic E-state index is 6.20. The minimum Gasteiger partial charge on any atom is -0.364 e. The summed E-state index contributed by atoms with van der Waals surface area (Å²) < 4.78 is 0. The van der Waals surface area contributed by atoms with Crippen LogP contribution in [0.2, 0.25) is 5.02 Å². The zero-order chi connectivity index (χ0) is 14.0. The van der Waals surface area contributed by atoms with Crippen molar-refractivity contribution >= 4 is 28.8 Å². The second-order valence-corrected chi connectivity index (χ2v) is 6.98. The molecule has 0 fully saturated rings. The quantitative estimate of drug-likeness (QED) is 0.911. The summed E-state index contributed by atoms with van der Waals surface area (Å²) in [5.74, 6) is 0.833. The standard InChI is InChI=1S/C14H18ClN3S/c1-9-18-10(8-19-9)6-16-13-5-11(14(2,3)4)12(15)7-17-13/h5,7-8H,6H2,1-4H3,(H,16,17). The Bertz CT molecular complexity index is 572. The smallest absolute Gasteiger partial charge is 0.126 e. The highest BCUT2D eigenvalue weighted by Crippen LogP contribution is 2.30. The summed E-state index contributed by atoms with van der Waals surface area (Å²) in [5, 5.41) is 7.14. The lowest BCUT2D eigenvalue weighted by Crippen LogP contribution is -2.13. The molecule has 2 aromatic heterocycles. The van der Waals surface area contributed by atoms with Gasteiger partial charge in [0.05, 0.1) is 22.3 Å². The summed E-state index contributed by atoms with van der Waals surface area (Å²) in [4.78, 5) is 8.72. The lowest BCUT2D eigenvalue weighted by Gasteiger charge is -2.21. The van der Waals surface area contributed by atoms with Gasteiger partial charge in [0.1, 0.15) is 5.82 Å². The van der Waals surface area contributed by atoms with Crippen LogP contribution in [-0.4, -0.2) is 9.97 Å². The average Bonchev–Trinajstić information content (AvgIpc) is 2.72. The van der Waals surface area contributed by atoms with Crippen LogP contribution in [0.5, 0.6) is 0 Å². The van der Waals surface area contributed by atoms with Gasteiger partial charge in [-0.05, 0) is 24.0 Å². The normalized spacial score (nSPS) is 11.6. The first kappa shape index (κ1) is 14.3. The van der Waals surface area contributed by atoms with E-state index in [1.54, 1.807) is 17.5 Å². The molecule has 0 aliphatic carbocycles. The van der Waals surface area contributed by atoms with Crippen molar-refractivity contribution in [3.05, 3.63) is 38.9 Å². The van der Waals surface area contributed by atoms with Crippen LogP contribution in [0.1, 0.15) is 37.0 Å². The number of aromatic nitrogens is 2. The maximum absolute atomic E-state index is 6.20. The summed E-state index contributed by atoms with van der Waals surface area (Å²) in [7, 11) is 0. The average molecular weight is 296 g/mol. The largest absolute Gasteiger partial charge is 0.364 e. The molecule has 0 saturated heterocycles. The van der Waals surface area contributed by atoms with Gasteiger partial charge >= 0.3 is 0 Å². The number of pyridine rings is 1. The van der Waals surface area contributed by atoms with Crippen molar-refractivity contribution in [2.24, 2.45) is 0 Å². The molecular weight excluding hydrogens is 278 g/mol. The van der Waals surface area contributed by atoms with Crippen LogP contribution in [0, 0.1) is 6.92 Å². The van der Waals surface area contributed by atoms with E-state index in [0.29, 0.717) is 11.6 Å². The summed E-state index contributed by atoms with van der Waals surface area (Å²) in [6.45, 7) is 9.11. The molecule has 0 aliphatic heterocycles. The van der Waals surface area contributed by atoms with E-state index in [0.717, 1.165) is 22.1 Å². The fourth-order valence-electron chi connectivity index (χ4n) is 1.78. The number of halogens is 1. The molecule has 0 radical (unpaired) electrons. The van der Waals surface area contributed by atoms with Gasteiger partial charge in [0, 0.05) is 11.6 Å². The topological polar surface area (TPSA) is 37.8 Å². The van der Waals surface area contributed by atoms with Crippen molar-refractivity contribution in [2.45, 2.75) is 39.7 Å². The first-order valence-corrected chi connectivity index (χ1v) is 7.43. The Morgan fingerprint density at radius 3 is 2.68 bits per heavy atom. The number of aryl methyl sites for hydroxylation is 1. The molecule has 2 heterocycles. The molecule has 0 amide bonds. The van der Waals surface area contributed by atoms with E-state index < -0.39 is 0 Å². The van der Waals surface area contributed by atoms with E-state index in [1.165, 1.54) is 0 Å². The monoisotopic (exact) mass is 295 g/mol. The Morgan fingerprint density at radius 2 is 2.11 bits per heavy atom. The Kier molecular flexibility index (Phi) is 4.11. The molecule has 5 heteroatoms. The number of nitrogens with one attached hydrogen (secondary N) is 1. The van der Waals surface area contributed by atoms with Crippen molar-refractivity contribution < 1.29 is 0 Å². The third-order valence-corrected chi connectivity index (χ3v) is 3.90. The zero-order valence-electron chi connectivity index (χ0n) is 11.6. The summed E-state index contributed by atoms with van der Waals surface area (Å²) in [6.07, 6.45) is 1.71. The number of hydrogen-bond donors (Lipinski definition) is 1. The van der Waals surface area contributed by atoms with Crippen molar-refractivity contribution in [3.63, 3.8) is 0 Å².